The van der Waals surface area contributed by atoms with E-state index >= 15 is 0 Å². The molecule has 0 radical (unpaired) electrons. The number of nitrogens with zero attached hydrogens (tertiary/aromatic N) is 3. The summed E-state index contributed by atoms with van der Waals surface area (Å²) in [5, 5.41) is 10.9. The van der Waals surface area contributed by atoms with E-state index in [1.54, 1.807) is 0 Å². The van der Waals surface area contributed by atoms with Gasteiger partial charge in [-0.2, -0.15) is 4.98 Å². The Morgan fingerprint density at radius 2 is 2.14 bits per heavy atom. The molecule has 0 spiro atoms. The highest BCUT2D eigenvalue weighted by Crippen LogP contribution is 2.27. The molecule has 0 aliphatic carbocycles. The maximum atomic E-state index is 5.77. The van der Waals surface area contributed by atoms with Crippen molar-refractivity contribution in [3.05, 3.63) is 5.82 Å². The van der Waals surface area contributed by atoms with E-state index < -0.39 is 0 Å². The predicted octanol–water partition coefficient (Wildman–Crippen LogP) is 1.87. The standard InChI is InChI=1S/C15H27N5O/c1-2-16-11-12-6-8-20(9-7-12)15-17-14(18-19-15)13-5-3-4-10-21-13/h12-13,16H,2-11H2,1H3,(H,17,18,19). The summed E-state index contributed by atoms with van der Waals surface area (Å²) in [6.07, 6.45) is 5.99. The fourth-order valence-corrected chi connectivity index (χ4v) is 3.19. The van der Waals surface area contributed by atoms with Gasteiger partial charge >= 0.3 is 0 Å². The van der Waals surface area contributed by atoms with Gasteiger partial charge in [-0.3, -0.25) is 5.10 Å². The van der Waals surface area contributed by atoms with E-state index in [4.69, 9.17) is 4.74 Å². The zero-order valence-corrected chi connectivity index (χ0v) is 13.0. The maximum absolute atomic E-state index is 5.77. The average Bonchev–Trinajstić information content (AvgIpc) is 3.04. The van der Waals surface area contributed by atoms with Crippen molar-refractivity contribution in [2.24, 2.45) is 5.92 Å². The van der Waals surface area contributed by atoms with Gasteiger partial charge < -0.3 is 15.0 Å². The van der Waals surface area contributed by atoms with Gasteiger partial charge in [-0.25, -0.2) is 0 Å². The first-order valence-electron chi connectivity index (χ1n) is 8.36. The molecule has 2 aliphatic rings. The van der Waals surface area contributed by atoms with Crippen molar-refractivity contribution in [3.63, 3.8) is 0 Å². The molecule has 1 aromatic heterocycles. The Bertz CT molecular complexity index is 421. The van der Waals surface area contributed by atoms with E-state index in [9.17, 15) is 0 Å². The minimum Gasteiger partial charge on any atom is -0.370 e. The molecule has 2 saturated heterocycles. The summed E-state index contributed by atoms with van der Waals surface area (Å²) < 4.78 is 5.77. The molecule has 0 amide bonds. The van der Waals surface area contributed by atoms with Crippen molar-refractivity contribution >= 4 is 5.95 Å². The lowest BCUT2D eigenvalue weighted by molar-refractivity contribution is 0.00968. The highest BCUT2D eigenvalue weighted by Gasteiger charge is 2.24. The SMILES string of the molecule is CCNCC1CCN(c2n[nH]c(C3CCCCO3)n2)CC1. The third-order valence-corrected chi connectivity index (χ3v) is 4.56. The van der Waals surface area contributed by atoms with Gasteiger partial charge in [0.05, 0.1) is 0 Å². The van der Waals surface area contributed by atoms with Crippen molar-refractivity contribution in [1.29, 1.82) is 0 Å². The van der Waals surface area contributed by atoms with Crippen LogP contribution in [0.3, 0.4) is 0 Å². The first kappa shape index (κ1) is 14.8. The van der Waals surface area contributed by atoms with Crippen LogP contribution in [0.1, 0.15) is 51.0 Å². The lowest BCUT2D eigenvalue weighted by Gasteiger charge is -2.31. The zero-order valence-electron chi connectivity index (χ0n) is 13.0. The van der Waals surface area contributed by atoms with Gasteiger partial charge in [0.2, 0.25) is 5.95 Å². The molecule has 3 heterocycles. The van der Waals surface area contributed by atoms with Crippen molar-refractivity contribution in [2.75, 3.05) is 37.7 Å². The average molecular weight is 293 g/mol. The molecule has 1 aromatic rings. The number of H-pyrrole nitrogens is 1. The number of aromatic amines is 1. The van der Waals surface area contributed by atoms with Crippen LogP contribution in [-0.2, 0) is 4.74 Å². The lowest BCUT2D eigenvalue weighted by atomic mass is 9.97. The number of rotatable bonds is 5. The Morgan fingerprint density at radius 1 is 1.29 bits per heavy atom. The van der Waals surface area contributed by atoms with Crippen LogP contribution >= 0.6 is 0 Å². The van der Waals surface area contributed by atoms with E-state index in [0.717, 1.165) is 63.3 Å². The Kier molecular flexibility index (Phi) is 5.08. The first-order valence-corrected chi connectivity index (χ1v) is 8.36. The molecule has 0 saturated carbocycles. The highest BCUT2D eigenvalue weighted by atomic mass is 16.5. The van der Waals surface area contributed by atoms with Gasteiger partial charge in [-0.05, 0) is 51.1 Å². The summed E-state index contributed by atoms with van der Waals surface area (Å²) >= 11 is 0. The third-order valence-electron chi connectivity index (χ3n) is 4.56. The Balaban J connectivity index is 1.52. The predicted molar refractivity (Wildman–Crippen MR) is 82.4 cm³/mol. The number of piperidine rings is 1. The molecule has 3 rings (SSSR count). The first-order chi connectivity index (χ1) is 10.4. The Morgan fingerprint density at radius 3 is 2.86 bits per heavy atom. The van der Waals surface area contributed by atoms with Gasteiger partial charge in [0, 0.05) is 19.7 Å². The van der Waals surface area contributed by atoms with Crippen molar-refractivity contribution in [1.82, 2.24) is 20.5 Å². The van der Waals surface area contributed by atoms with Crippen LogP contribution in [0.5, 0.6) is 0 Å². The van der Waals surface area contributed by atoms with E-state index in [1.165, 1.54) is 19.3 Å². The summed E-state index contributed by atoms with van der Waals surface area (Å²) in [7, 11) is 0. The Labute approximate surface area is 126 Å². The van der Waals surface area contributed by atoms with Gasteiger partial charge in [0.25, 0.3) is 0 Å². The molecular formula is C15H27N5O. The number of anilines is 1. The molecule has 2 N–H and O–H groups in total. The molecule has 1 atom stereocenters. The minimum absolute atomic E-state index is 0.117. The maximum Gasteiger partial charge on any atom is 0.244 e. The van der Waals surface area contributed by atoms with E-state index in [-0.39, 0.29) is 6.10 Å². The fraction of sp³-hybridized carbons (Fsp3) is 0.867. The summed E-state index contributed by atoms with van der Waals surface area (Å²) in [6, 6.07) is 0. The van der Waals surface area contributed by atoms with E-state index in [1.807, 2.05) is 0 Å². The third kappa shape index (κ3) is 3.74. The van der Waals surface area contributed by atoms with E-state index in [0.29, 0.717) is 0 Å². The van der Waals surface area contributed by atoms with Crippen LogP contribution in [-0.4, -0.2) is 48.0 Å². The summed E-state index contributed by atoms with van der Waals surface area (Å²) in [4.78, 5) is 6.96. The topological polar surface area (TPSA) is 66.1 Å². The highest BCUT2D eigenvalue weighted by molar-refractivity contribution is 5.29. The number of hydrogen-bond donors (Lipinski definition) is 2. The van der Waals surface area contributed by atoms with Gasteiger partial charge in [0.15, 0.2) is 5.82 Å². The van der Waals surface area contributed by atoms with Gasteiger partial charge in [-0.1, -0.05) is 6.92 Å². The minimum atomic E-state index is 0.117. The zero-order chi connectivity index (χ0) is 14.5. The second-order valence-electron chi connectivity index (χ2n) is 6.11. The molecule has 118 valence electrons. The van der Waals surface area contributed by atoms with Crippen molar-refractivity contribution in [2.45, 2.75) is 45.1 Å². The number of ether oxygens (including phenoxy) is 1. The molecule has 0 bridgehead atoms. The molecule has 6 heteroatoms. The fourth-order valence-electron chi connectivity index (χ4n) is 3.19. The van der Waals surface area contributed by atoms with Crippen molar-refractivity contribution < 1.29 is 4.74 Å². The van der Waals surface area contributed by atoms with E-state index in [2.05, 4.69) is 32.3 Å². The Hall–Kier alpha value is -1.14. The smallest absolute Gasteiger partial charge is 0.244 e. The summed E-state index contributed by atoms with van der Waals surface area (Å²) in [5.41, 5.74) is 0. The summed E-state index contributed by atoms with van der Waals surface area (Å²) in [5.74, 6) is 2.54. The number of hydrogen-bond acceptors (Lipinski definition) is 5. The molecule has 1 unspecified atom stereocenters. The quantitative estimate of drug-likeness (QED) is 0.867. The van der Waals surface area contributed by atoms with Crippen molar-refractivity contribution in [3.8, 4) is 0 Å². The largest absolute Gasteiger partial charge is 0.370 e. The second kappa shape index (κ2) is 7.22. The number of aromatic nitrogens is 3. The summed E-state index contributed by atoms with van der Waals surface area (Å²) in [6.45, 7) is 7.32. The molecule has 2 fully saturated rings. The number of nitrogens with one attached hydrogen (secondary N) is 2. The van der Waals surface area contributed by atoms with Crippen LogP contribution in [0, 0.1) is 5.92 Å². The second-order valence-corrected chi connectivity index (χ2v) is 6.11. The van der Waals surface area contributed by atoms with Crippen LogP contribution in [0.4, 0.5) is 5.95 Å². The van der Waals surface area contributed by atoms with Gasteiger partial charge in [-0.15, -0.1) is 5.10 Å². The molecular weight excluding hydrogens is 266 g/mol. The van der Waals surface area contributed by atoms with Crippen LogP contribution in [0.15, 0.2) is 0 Å². The molecule has 21 heavy (non-hydrogen) atoms. The molecule has 2 aliphatic heterocycles. The molecule has 0 aromatic carbocycles. The lowest BCUT2D eigenvalue weighted by Crippen LogP contribution is -2.37. The van der Waals surface area contributed by atoms with Crippen LogP contribution < -0.4 is 10.2 Å². The molecule has 6 nitrogen and oxygen atoms in total. The van der Waals surface area contributed by atoms with Gasteiger partial charge in [0.1, 0.15) is 6.10 Å². The monoisotopic (exact) mass is 293 g/mol. The normalized spacial score (nSPS) is 24.4. The van der Waals surface area contributed by atoms with Crippen LogP contribution in [0.25, 0.3) is 0 Å². The van der Waals surface area contributed by atoms with Crippen LogP contribution in [0.2, 0.25) is 0 Å².